The van der Waals surface area contributed by atoms with Crippen molar-refractivity contribution >= 4 is 17.6 Å². The fourth-order valence-electron chi connectivity index (χ4n) is 1.67. The number of nitriles is 1. The zero-order valence-corrected chi connectivity index (χ0v) is 11.0. The van der Waals surface area contributed by atoms with Crippen LogP contribution in [-0.2, 0) is 19.1 Å². The van der Waals surface area contributed by atoms with Crippen LogP contribution in [0.15, 0.2) is 41.6 Å². The van der Waals surface area contributed by atoms with E-state index in [9.17, 15) is 9.59 Å². The Balaban J connectivity index is 2.36. The fraction of sp³-hybridized carbons (Fsp3) is 0.214. The highest BCUT2D eigenvalue weighted by atomic mass is 16.7. The predicted octanol–water partition coefficient (Wildman–Crippen LogP) is 1.71. The number of nitrogens with zero attached hydrogens (tertiary/aromatic N) is 1. The van der Waals surface area contributed by atoms with Crippen molar-refractivity contribution in [3.63, 3.8) is 0 Å². The van der Waals surface area contributed by atoms with E-state index in [1.165, 1.54) is 13.8 Å². The highest BCUT2D eigenvalue weighted by molar-refractivity contribution is 6.16. The van der Waals surface area contributed by atoms with E-state index >= 15 is 0 Å². The van der Waals surface area contributed by atoms with Gasteiger partial charge in [-0.3, -0.25) is 0 Å². The Labute approximate surface area is 115 Å². The van der Waals surface area contributed by atoms with Crippen LogP contribution in [0.25, 0.3) is 0 Å². The molecule has 0 atom stereocenters. The first kappa shape index (κ1) is 13.6. The number of allylic oxidation sites excluding steroid dienone is 1. The molecule has 1 aromatic carbocycles. The molecule has 1 aliphatic heterocycles. The summed E-state index contributed by atoms with van der Waals surface area (Å²) in [6.07, 6.45) is 0. The molecule has 6 nitrogen and oxygen atoms in total. The van der Waals surface area contributed by atoms with Gasteiger partial charge in [-0.05, 0) is 12.1 Å². The molecule has 1 saturated heterocycles. The molecule has 1 N–H and O–H groups in total. The Morgan fingerprint density at radius 2 is 1.70 bits per heavy atom. The van der Waals surface area contributed by atoms with Gasteiger partial charge in [-0.25, -0.2) is 9.59 Å². The van der Waals surface area contributed by atoms with Crippen molar-refractivity contribution in [2.24, 2.45) is 0 Å². The first-order chi connectivity index (χ1) is 9.43. The lowest BCUT2D eigenvalue weighted by Crippen LogP contribution is -2.42. The van der Waals surface area contributed by atoms with Crippen LogP contribution in [-0.4, -0.2) is 17.7 Å². The lowest BCUT2D eigenvalue weighted by atomic mass is 10.1. The lowest BCUT2D eigenvalue weighted by Gasteiger charge is -2.30. The Bertz CT molecular complexity index is 604. The summed E-state index contributed by atoms with van der Waals surface area (Å²) in [5, 5.41) is 11.8. The number of benzene rings is 1. The van der Waals surface area contributed by atoms with Crippen LogP contribution in [0, 0.1) is 11.3 Å². The number of carbonyl (C=O) groups excluding carboxylic acids is 2. The van der Waals surface area contributed by atoms with Crippen molar-refractivity contribution in [1.82, 2.24) is 0 Å². The summed E-state index contributed by atoms with van der Waals surface area (Å²) in [6, 6.07) is 10.5. The van der Waals surface area contributed by atoms with Gasteiger partial charge in [0.25, 0.3) is 5.79 Å². The van der Waals surface area contributed by atoms with Gasteiger partial charge >= 0.3 is 11.9 Å². The largest absolute Gasteiger partial charge is 0.419 e. The van der Waals surface area contributed by atoms with Gasteiger partial charge in [-0.1, -0.05) is 18.2 Å². The van der Waals surface area contributed by atoms with Gasteiger partial charge in [-0.2, -0.15) is 5.26 Å². The van der Waals surface area contributed by atoms with Gasteiger partial charge in [0.15, 0.2) is 5.57 Å². The normalized spacial score (nSPS) is 16.8. The molecular formula is C14H12N2O4. The Morgan fingerprint density at radius 1 is 1.15 bits per heavy atom. The van der Waals surface area contributed by atoms with Gasteiger partial charge in [0.1, 0.15) is 11.8 Å². The number of rotatable bonds is 2. The van der Waals surface area contributed by atoms with Crippen molar-refractivity contribution in [2.75, 3.05) is 5.32 Å². The average Bonchev–Trinajstić information content (AvgIpc) is 2.36. The summed E-state index contributed by atoms with van der Waals surface area (Å²) in [4.78, 5) is 23.7. The maximum Gasteiger partial charge on any atom is 0.351 e. The molecule has 0 unspecified atom stereocenters. The molecule has 102 valence electrons. The number of nitrogens with one attached hydrogen (secondary N) is 1. The van der Waals surface area contributed by atoms with Gasteiger partial charge in [-0.15, -0.1) is 0 Å². The molecule has 0 aromatic heterocycles. The van der Waals surface area contributed by atoms with Crippen LogP contribution in [0.3, 0.4) is 0 Å². The summed E-state index contributed by atoms with van der Waals surface area (Å²) in [7, 11) is 0. The summed E-state index contributed by atoms with van der Waals surface area (Å²) >= 11 is 0. The third-order valence-corrected chi connectivity index (χ3v) is 2.49. The molecule has 2 rings (SSSR count). The third-order valence-electron chi connectivity index (χ3n) is 2.49. The predicted molar refractivity (Wildman–Crippen MR) is 69.0 cm³/mol. The first-order valence-electron chi connectivity index (χ1n) is 5.86. The van der Waals surface area contributed by atoms with Crippen LogP contribution in [0.4, 0.5) is 5.69 Å². The van der Waals surface area contributed by atoms with Crippen LogP contribution >= 0.6 is 0 Å². The second-order valence-corrected chi connectivity index (χ2v) is 4.53. The maximum absolute atomic E-state index is 11.8. The number of ether oxygens (including phenoxy) is 2. The smallest absolute Gasteiger partial charge is 0.351 e. The summed E-state index contributed by atoms with van der Waals surface area (Å²) < 4.78 is 9.89. The molecule has 20 heavy (non-hydrogen) atoms. The van der Waals surface area contributed by atoms with Crippen LogP contribution in [0.1, 0.15) is 13.8 Å². The van der Waals surface area contributed by atoms with Crippen molar-refractivity contribution < 1.29 is 19.1 Å². The summed E-state index contributed by atoms with van der Waals surface area (Å²) in [6.45, 7) is 2.88. The minimum Gasteiger partial charge on any atom is -0.419 e. The van der Waals surface area contributed by atoms with Crippen molar-refractivity contribution in [3.05, 3.63) is 41.6 Å². The molecule has 0 amide bonds. The van der Waals surface area contributed by atoms with Crippen LogP contribution < -0.4 is 5.32 Å². The zero-order valence-electron chi connectivity index (χ0n) is 11.0. The summed E-state index contributed by atoms with van der Waals surface area (Å²) in [5.41, 5.74) is -0.0700. The molecule has 6 heteroatoms. The second kappa shape index (κ2) is 5.05. The second-order valence-electron chi connectivity index (χ2n) is 4.53. The van der Waals surface area contributed by atoms with E-state index in [-0.39, 0.29) is 5.70 Å². The van der Waals surface area contributed by atoms with E-state index < -0.39 is 23.3 Å². The molecule has 0 aliphatic carbocycles. The van der Waals surface area contributed by atoms with Crippen molar-refractivity contribution in [2.45, 2.75) is 19.6 Å². The molecule has 1 aromatic rings. The molecule has 0 radical (unpaired) electrons. The van der Waals surface area contributed by atoms with Gasteiger partial charge in [0, 0.05) is 19.5 Å². The van der Waals surface area contributed by atoms with Crippen LogP contribution in [0.5, 0.6) is 0 Å². The minimum atomic E-state index is -1.33. The quantitative estimate of drug-likeness (QED) is 0.381. The van der Waals surface area contributed by atoms with E-state index in [2.05, 4.69) is 5.32 Å². The SMILES string of the molecule is CC1(C)OC(=O)C(=C(C#N)Nc2ccccc2)C(=O)O1. The Kier molecular flexibility index (Phi) is 3.44. The topological polar surface area (TPSA) is 88.4 Å². The number of para-hydroxylation sites is 1. The number of hydrogen-bond donors (Lipinski definition) is 1. The summed E-state index contributed by atoms with van der Waals surface area (Å²) in [5.74, 6) is -3.09. The lowest BCUT2D eigenvalue weighted by molar-refractivity contribution is -0.222. The number of esters is 2. The van der Waals surface area contributed by atoms with Gasteiger partial charge in [0.05, 0.1) is 0 Å². The van der Waals surface area contributed by atoms with E-state index in [4.69, 9.17) is 14.7 Å². The average molecular weight is 272 g/mol. The first-order valence-corrected chi connectivity index (χ1v) is 5.86. The monoisotopic (exact) mass is 272 g/mol. The molecule has 0 saturated carbocycles. The molecular weight excluding hydrogens is 260 g/mol. The van der Waals surface area contributed by atoms with E-state index in [0.717, 1.165) is 0 Å². The number of hydrogen-bond acceptors (Lipinski definition) is 6. The third kappa shape index (κ3) is 2.78. The molecule has 0 bridgehead atoms. The van der Waals surface area contributed by atoms with Crippen LogP contribution in [0.2, 0.25) is 0 Å². The van der Waals surface area contributed by atoms with Gasteiger partial charge < -0.3 is 14.8 Å². The Hall–Kier alpha value is -2.81. The molecule has 0 spiro atoms. The zero-order chi connectivity index (χ0) is 14.8. The highest BCUT2D eigenvalue weighted by Crippen LogP contribution is 2.25. The van der Waals surface area contributed by atoms with Gasteiger partial charge in [0.2, 0.25) is 0 Å². The minimum absolute atomic E-state index is 0.207. The molecule has 1 fully saturated rings. The maximum atomic E-state index is 11.8. The van der Waals surface area contributed by atoms with E-state index in [0.29, 0.717) is 5.69 Å². The number of anilines is 1. The van der Waals surface area contributed by atoms with Crippen molar-refractivity contribution in [1.29, 1.82) is 5.26 Å². The fourth-order valence-corrected chi connectivity index (χ4v) is 1.67. The van der Waals surface area contributed by atoms with E-state index in [1.54, 1.807) is 36.4 Å². The van der Waals surface area contributed by atoms with E-state index in [1.807, 2.05) is 0 Å². The van der Waals surface area contributed by atoms with Crippen molar-refractivity contribution in [3.8, 4) is 6.07 Å². The molecule has 1 aliphatic rings. The Morgan fingerprint density at radius 3 is 2.20 bits per heavy atom. The standard InChI is InChI=1S/C14H12N2O4/c1-14(2)19-12(17)11(13(18)20-14)10(8-15)16-9-6-4-3-5-7-9/h3-7,16H,1-2H3. The number of cyclic esters (lactones) is 2. The molecule has 1 heterocycles. The highest BCUT2D eigenvalue weighted by Gasteiger charge is 2.41. The number of carbonyl (C=O) groups is 2.